The number of aromatic nitrogens is 2. The molecule has 0 spiro atoms. The minimum absolute atomic E-state index is 0.0319. The predicted molar refractivity (Wildman–Crippen MR) is 78.7 cm³/mol. The molecule has 0 aliphatic rings. The lowest BCUT2D eigenvalue weighted by Gasteiger charge is -2.06. The molecule has 0 atom stereocenters. The normalized spacial score (nSPS) is 10.4. The molecule has 2 aromatic rings. The third-order valence-electron chi connectivity index (χ3n) is 3.10. The average Bonchev–Trinajstić information content (AvgIpc) is 2.89. The van der Waals surface area contributed by atoms with E-state index in [9.17, 15) is 4.79 Å². The van der Waals surface area contributed by atoms with Crippen molar-refractivity contribution in [2.45, 2.75) is 13.3 Å². The van der Waals surface area contributed by atoms with E-state index in [1.807, 2.05) is 37.3 Å². The van der Waals surface area contributed by atoms with Crippen LogP contribution in [0.15, 0.2) is 36.7 Å². The fourth-order valence-electron chi connectivity index (χ4n) is 1.93. The number of carbonyl (C=O) groups is 1. The maximum atomic E-state index is 11.8. The number of amides is 1. The van der Waals surface area contributed by atoms with Crippen LogP contribution in [-0.2, 0) is 6.42 Å². The first-order chi connectivity index (χ1) is 9.77. The number of imidazole rings is 1. The van der Waals surface area contributed by atoms with E-state index in [0.29, 0.717) is 12.1 Å². The lowest BCUT2D eigenvalue weighted by molar-refractivity contribution is 0.0954. The fourth-order valence-corrected chi connectivity index (χ4v) is 1.93. The van der Waals surface area contributed by atoms with Crippen LogP contribution in [0.2, 0.25) is 0 Å². The van der Waals surface area contributed by atoms with Gasteiger partial charge in [-0.25, -0.2) is 4.98 Å². The molecule has 1 amide bonds. The van der Waals surface area contributed by atoms with E-state index >= 15 is 0 Å². The van der Waals surface area contributed by atoms with Crippen LogP contribution >= 0.6 is 0 Å². The van der Waals surface area contributed by atoms with Crippen LogP contribution < -0.4 is 10.6 Å². The fraction of sp³-hybridized carbons (Fsp3) is 0.333. The van der Waals surface area contributed by atoms with Gasteiger partial charge in [-0.05, 0) is 19.1 Å². The van der Waals surface area contributed by atoms with Crippen LogP contribution in [0.1, 0.15) is 21.7 Å². The minimum atomic E-state index is -0.0319. The van der Waals surface area contributed by atoms with Crippen molar-refractivity contribution in [2.75, 3.05) is 19.6 Å². The number of nitrogens with zero attached hydrogens (tertiary/aromatic N) is 1. The van der Waals surface area contributed by atoms with Crippen LogP contribution in [0.5, 0.6) is 0 Å². The molecule has 0 saturated carbocycles. The molecule has 0 bridgehead atoms. The molecule has 1 aromatic heterocycles. The maximum absolute atomic E-state index is 11.8. The molecule has 5 nitrogen and oxygen atoms in total. The Labute approximate surface area is 118 Å². The molecule has 20 heavy (non-hydrogen) atoms. The van der Waals surface area contributed by atoms with Gasteiger partial charge in [-0.3, -0.25) is 4.79 Å². The quantitative estimate of drug-likeness (QED) is 0.665. The van der Waals surface area contributed by atoms with Crippen molar-refractivity contribution in [1.29, 1.82) is 0 Å². The topological polar surface area (TPSA) is 69.8 Å². The van der Waals surface area contributed by atoms with E-state index in [4.69, 9.17) is 0 Å². The molecule has 106 valence electrons. The second kappa shape index (κ2) is 7.45. The highest BCUT2D eigenvalue weighted by atomic mass is 16.1. The lowest BCUT2D eigenvalue weighted by atomic mass is 10.2. The van der Waals surface area contributed by atoms with Crippen LogP contribution in [0.4, 0.5) is 0 Å². The van der Waals surface area contributed by atoms with Gasteiger partial charge < -0.3 is 15.6 Å². The third kappa shape index (κ3) is 4.20. The number of carbonyl (C=O) groups excluding carboxylic acids is 1. The Hall–Kier alpha value is -2.14. The first kappa shape index (κ1) is 14.3. The molecular weight excluding hydrogens is 252 g/mol. The molecular formula is C15H20N4O. The molecule has 3 N–H and O–H groups in total. The Morgan fingerprint density at radius 3 is 2.70 bits per heavy atom. The SMILES string of the molecule is Cc1[nH]cnc1CCNCCNC(=O)c1ccccc1. The Morgan fingerprint density at radius 1 is 1.20 bits per heavy atom. The van der Waals surface area contributed by atoms with Gasteiger partial charge in [-0.1, -0.05) is 18.2 Å². The summed E-state index contributed by atoms with van der Waals surface area (Å²) in [6.07, 6.45) is 2.60. The van der Waals surface area contributed by atoms with Gasteiger partial charge in [0.15, 0.2) is 0 Å². The molecule has 0 radical (unpaired) electrons. The number of aromatic amines is 1. The maximum Gasteiger partial charge on any atom is 0.251 e. The summed E-state index contributed by atoms with van der Waals surface area (Å²) in [6.45, 7) is 4.24. The number of rotatable bonds is 7. The number of aryl methyl sites for hydroxylation is 1. The van der Waals surface area contributed by atoms with E-state index in [2.05, 4.69) is 20.6 Å². The molecule has 0 aliphatic heterocycles. The van der Waals surface area contributed by atoms with E-state index in [1.54, 1.807) is 6.33 Å². The smallest absolute Gasteiger partial charge is 0.251 e. The minimum Gasteiger partial charge on any atom is -0.351 e. The van der Waals surface area contributed by atoms with Gasteiger partial charge in [0.2, 0.25) is 0 Å². The summed E-state index contributed by atoms with van der Waals surface area (Å²) in [6, 6.07) is 9.24. The van der Waals surface area contributed by atoms with Gasteiger partial charge >= 0.3 is 0 Å². The Kier molecular flexibility index (Phi) is 5.32. The third-order valence-corrected chi connectivity index (χ3v) is 3.10. The summed E-state index contributed by atoms with van der Waals surface area (Å²) in [5.74, 6) is -0.0319. The first-order valence-corrected chi connectivity index (χ1v) is 6.80. The largest absolute Gasteiger partial charge is 0.351 e. The molecule has 0 aliphatic carbocycles. The Balaban J connectivity index is 1.58. The summed E-state index contributed by atoms with van der Waals surface area (Å²) < 4.78 is 0. The highest BCUT2D eigenvalue weighted by molar-refractivity contribution is 5.94. The van der Waals surface area contributed by atoms with Gasteiger partial charge in [-0.2, -0.15) is 0 Å². The lowest BCUT2D eigenvalue weighted by Crippen LogP contribution is -2.32. The van der Waals surface area contributed by atoms with Crippen molar-refractivity contribution in [3.8, 4) is 0 Å². The monoisotopic (exact) mass is 272 g/mol. The van der Waals surface area contributed by atoms with Gasteiger partial charge in [-0.15, -0.1) is 0 Å². The zero-order chi connectivity index (χ0) is 14.2. The van der Waals surface area contributed by atoms with Crippen molar-refractivity contribution in [2.24, 2.45) is 0 Å². The first-order valence-electron chi connectivity index (χ1n) is 6.80. The summed E-state index contributed by atoms with van der Waals surface area (Å²) in [5, 5.41) is 6.17. The van der Waals surface area contributed by atoms with Gasteiger partial charge in [0.1, 0.15) is 0 Å². The van der Waals surface area contributed by atoms with E-state index in [0.717, 1.165) is 30.9 Å². The van der Waals surface area contributed by atoms with Crippen LogP contribution in [0, 0.1) is 6.92 Å². The molecule has 0 unspecified atom stereocenters. The predicted octanol–water partition coefficient (Wildman–Crippen LogP) is 1.28. The van der Waals surface area contributed by atoms with Crippen LogP contribution in [-0.4, -0.2) is 35.5 Å². The van der Waals surface area contributed by atoms with E-state index in [-0.39, 0.29) is 5.91 Å². The van der Waals surface area contributed by atoms with Crippen molar-refractivity contribution >= 4 is 5.91 Å². The van der Waals surface area contributed by atoms with Crippen LogP contribution in [0.25, 0.3) is 0 Å². The van der Waals surface area contributed by atoms with Gasteiger partial charge in [0, 0.05) is 37.3 Å². The van der Waals surface area contributed by atoms with Gasteiger partial charge in [0.25, 0.3) is 5.91 Å². The second-order valence-corrected chi connectivity index (χ2v) is 4.60. The standard InChI is InChI=1S/C15H20N4O/c1-12-14(19-11-18-12)7-8-16-9-10-17-15(20)13-5-3-2-4-6-13/h2-6,11,16H,7-10H2,1H3,(H,17,20)(H,18,19). The molecule has 0 fully saturated rings. The average molecular weight is 272 g/mol. The number of hydrogen-bond acceptors (Lipinski definition) is 3. The molecule has 1 heterocycles. The summed E-state index contributed by atoms with van der Waals surface area (Å²) in [7, 11) is 0. The molecule has 1 aromatic carbocycles. The van der Waals surface area contributed by atoms with E-state index < -0.39 is 0 Å². The summed E-state index contributed by atoms with van der Waals surface area (Å²) in [4.78, 5) is 19.0. The van der Waals surface area contributed by atoms with E-state index in [1.165, 1.54) is 0 Å². The number of benzene rings is 1. The summed E-state index contributed by atoms with van der Waals surface area (Å²) in [5.41, 5.74) is 2.90. The highest BCUT2D eigenvalue weighted by Crippen LogP contribution is 2.00. The van der Waals surface area contributed by atoms with Crippen molar-refractivity contribution in [1.82, 2.24) is 20.6 Å². The second-order valence-electron chi connectivity index (χ2n) is 4.60. The molecule has 5 heteroatoms. The number of nitrogens with one attached hydrogen (secondary N) is 3. The van der Waals surface area contributed by atoms with Crippen molar-refractivity contribution in [3.05, 3.63) is 53.6 Å². The Morgan fingerprint density at radius 2 is 2.00 bits per heavy atom. The highest BCUT2D eigenvalue weighted by Gasteiger charge is 2.03. The summed E-state index contributed by atoms with van der Waals surface area (Å²) >= 11 is 0. The van der Waals surface area contributed by atoms with Crippen LogP contribution in [0.3, 0.4) is 0 Å². The zero-order valence-electron chi connectivity index (χ0n) is 11.6. The molecule has 2 rings (SSSR count). The van der Waals surface area contributed by atoms with Gasteiger partial charge in [0.05, 0.1) is 12.0 Å². The van der Waals surface area contributed by atoms with Crippen molar-refractivity contribution in [3.63, 3.8) is 0 Å². The number of H-pyrrole nitrogens is 1. The molecule has 0 saturated heterocycles. The Bertz CT molecular complexity index is 536. The zero-order valence-corrected chi connectivity index (χ0v) is 11.6. The van der Waals surface area contributed by atoms with Crippen molar-refractivity contribution < 1.29 is 4.79 Å². The number of hydrogen-bond donors (Lipinski definition) is 3.